The first-order valence-electron chi connectivity index (χ1n) is 12.0. The Balaban J connectivity index is 1.58. The number of methoxy groups -OCH3 is 1. The Morgan fingerprint density at radius 2 is 2.09 bits per heavy atom. The lowest BCUT2D eigenvalue weighted by molar-refractivity contribution is -1.02. The van der Waals surface area contributed by atoms with Gasteiger partial charge in [0.05, 0.1) is 30.9 Å². The van der Waals surface area contributed by atoms with Crippen LogP contribution in [0.1, 0.15) is 48.9 Å². The van der Waals surface area contributed by atoms with Crippen LogP contribution in [0.3, 0.4) is 0 Å². The second kappa shape index (κ2) is 9.25. The Morgan fingerprint density at radius 3 is 2.79 bits per heavy atom. The first-order valence-corrected chi connectivity index (χ1v) is 12.4. The van der Waals surface area contributed by atoms with Crippen molar-refractivity contribution in [2.45, 2.75) is 57.3 Å². The molecule has 0 bridgehead atoms. The number of aliphatic hydroxyl groups is 1. The normalized spacial score (nSPS) is 27.4. The molecule has 34 heavy (non-hydrogen) atoms. The molecule has 0 aliphatic carbocycles. The third kappa shape index (κ3) is 4.08. The molecule has 1 N–H and O–H groups in total. The molecule has 6 nitrogen and oxygen atoms in total. The molecule has 0 radical (unpaired) electrons. The van der Waals surface area contributed by atoms with E-state index in [1.54, 1.807) is 13.3 Å². The van der Waals surface area contributed by atoms with E-state index in [0.717, 1.165) is 71.2 Å². The molecule has 178 valence electrons. The van der Waals surface area contributed by atoms with Crippen LogP contribution in [0.15, 0.2) is 49.2 Å². The zero-order valence-corrected chi connectivity index (χ0v) is 20.6. The lowest BCUT2D eigenvalue weighted by Crippen LogP contribution is -2.69. The highest BCUT2D eigenvalue weighted by Crippen LogP contribution is 2.47. The number of ether oxygens (including phenoxy) is 1. The van der Waals surface area contributed by atoms with Crippen LogP contribution in [-0.4, -0.2) is 50.3 Å². The summed E-state index contributed by atoms with van der Waals surface area (Å²) in [6.45, 7) is 7.73. The van der Waals surface area contributed by atoms with E-state index >= 15 is 0 Å². The molecule has 5 rings (SSSR count). The number of nitrogens with zero attached hydrogens (tertiary/aromatic N) is 4. The molecule has 5 unspecified atom stereocenters. The third-order valence-corrected chi connectivity index (χ3v) is 8.18. The number of rotatable bonds is 6. The predicted molar refractivity (Wildman–Crippen MR) is 134 cm³/mol. The maximum atomic E-state index is 12.0. The Bertz CT molecular complexity index is 1200. The van der Waals surface area contributed by atoms with Crippen molar-refractivity contribution < 1.29 is 14.3 Å². The Kier molecular flexibility index (Phi) is 6.32. The zero-order valence-electron chi connectivity index (χ0n) is 19.8. The number of allylic oxidation sites excluding steroid dienone is 1. The monoisotopic (exact) mass is 479 g/mol. The van der Waals surface area contributed by atoms with Crippen molar-refractivity contribution in [1.29, 1.82) is 0 Å². The second-order valence-corrected chi connectivity index (χ2v) is 10.1. The standard InChI is InChI=1S/C27H32ClN4O2/c1-4-18-5-8-25(27(33)22-9-11-29-24-7-6-21(34-3)15-23(22)24)32(12-10-20(32)13-18)16-19-14-26(28)31-17(2)30-19/h4,6-7,9,11,14-15,18,20,25,27,33H,1,5,8,10,12-13,16H2,2-3H3/q+1. The maximum Gasteiger partial charge on any atom is 0.133 e. The lowest BCUT2D eigenvalue weighted by Gasteiger charge is -2.57. The fraction of sp³-hybridized carbons (Fsp3) is 0.444. The summed E-state index contributed by atoms with van der Waals surface area (Å²) < 4.78 is 6.30. The van der Waals surface area contributed by atoms with Crippen molar-refractivity contribution in [3.05, 3.63) is 71.4 Å². The predicted octanol–water partition coefficient (Wildman–Crippen LogP) is 5.17. The summed E-state index contributed by atoms with van der Waals surface area (Å²) in [6, 6.07) is 10.2. The highest BCUT2D eigenvalue weighted by atomic mass is 35.5. The van der Waals surface area contributed by atoms with Crippen LogP contribution in [0.5, 0.6) is 5.75 Å². The number of hydrogen-bond acceptors (Lipinski definition) is 5. The number of quaternary nitrogens is 1. The average Bonchev–Trinajstić information content (AvgIpc) is 2.92. The number of hydrogen-bond donors (Lipinski definition) is 1. The molecule has 1 aromatic carbocycles. The van der Waals surface area contributed by atoms with Crippen LogP contribution in [-0.2, 0) is 6.54 Å². The minimum atomic E-state index is -0.637. The molecule has 2 aliphatic heterocycles. The van der Waals surface area contributed by atoms with Gasteiger partial charge in [0.1, 0.15) is 35.4 Å². The van der Waals surface area contributed by atoms with Crippen LogP contribution in [0.25, 0.3) is 10.9 Å². The SMILES string of the molecule is C=CC1CCC(C(O)c2ccnc3ccc(OC)cc23)[N+]2(Cc3cc(Cl)nc(C)n3)CCC2C1. The van der Waals surface area contributed by atoms with E-state index < -0.39 is 6.10 Å². The van der Waals surface area contributed by atoms with E-state index in [1.165, 1.54) is 0 Å². The molecule has 0 amide bonds. The average molecular weight is 480 g/mol. The highest BCUT2D eigenvalue weighted by Gasteiger charge is 2.55. The third-order valence-electron chi connectivity index (χ3n) is 7.99. The number of fused-ring (bicyclic) bond motifs is 2. The van der Waals surface area contributed by atoms with Gasteiger partial charge in [0.2, 0.25) is 0 Å². The van der Waals surface area contributed by atoms with Gasteiger partial charge in [0, 0.05) is 36.9 Å². The number of aryl methyl sites for hydroxylation is 1. The number of aliphatic hydroxyl groups excluding tert-OH is 1. The van der Waals surface area contributed by atoms with Gasteiger partial charge in [-0.05, 0) is 49.1 Å². The minimum Gasteiger partial charge on any atom is -0.497 e. The van der Waals surface area contributed by atoms with Crippen molar-refractivity contribution >= 4 is 22.5 Å². The van der Waals surface area contributed by atoms with Crippen molar-refractivity contribution in [2.75, 3.05) is 13.7 Å². The van der Waals surface area contributed by atoms with Crippen molar-refractivity contribution in [3.63, 3.8) is 0 Å². The van der Waals surface area contributed by atoms with Gasteiger partial charge in [-0.2, -0.15) is 0 Å². The molecule has 0 saturated carbocycles. The molecule has 5 atom stereocenters. The van der Waals surface area contributed by atoms with Gasteiger partial charge in [0.25, 0.3) is 0 Å². The van der Waals surface area contributed by atoms with E-state index in [2.05, 4.69) is 22.6 Å². The van der Waals surface area contributed by atoms with E-state index in [4.69, 9.17) is 21.3 Å². The van der Waals surface area contributed by atoms with Crippen molar-refractivity contribution in [1.82, 2.24) is 15.0 Å². The number of halogens is 1. The minimum absolute atomic E-state index is 0.0366. The van der Waals surface area contributed by atoms with Gasteiger partial charge in [0.15, 0.2) is 0 Å². The summed E-state index contributed by atoms with van der Waals surface area (Å²) in [5, 5.41) is 13.4. The fourth-order valence-corrected chi connectivity index (χ4v) is 6.45. The molecule has 2 aromatic heterocycles. The Hall–Kier alpha value is -2.54. The van der Waals surface area contributed by atoms with Gasteiger partial charge < -0.3 is 14.3 Å². The molecule has 7 heteroatoms. The van der Waals surface area contributed by atoms with Gasteiger partial charge >= 0.3 is 0 Å². The van der Waals surface area contributed by atoms with E-state index in [-0.39, 0.29) is 6.04 Å². The smallest absolute Gasteiger partial charge is 0.133 e. The molecule has 2 aliphatic rings. The van der Waals surface area contributed by atoms with Crippen LogP contribution in [0, 0.1) is 12.8 Å². The van der Waals surface area contributed by atoms with Gasteiger partial charge in [-0.25, -0.2) is 9.97 Å². The van der Waals surface area contributed by atoms with Crippen molar-refractivity contribution in [3.8, 4) is 5.75 Å². The Morgan fingerprint density at radius 1 is 1.24 bits per heavy atom. The van der Waals surface area contributed by atoms with Crippen LogP contribution in [0.4, 0.5) is 0 Å². The van der Waals surface area contributed by atoms with Gasteiger partial charge in [-0.1, -0.05) is 17.7 Å². The molecular weight excluding hydrogens is 448 g/mol. The summed E-state index contributed by atoms with van der Waals surface area (Å²) in [7, 11) is 1.66. The quantitative estimate of drug-likeness (QED) is 0.300. The summed E-state index contributed by atoms with van der Waals surface area (Å²) in [4.78, 5) is 13.5. The van der Waals surface area contributed by atoms with Crippen LogP contribution >= 0.6 is 11.6 Å². The molecule has 3 aromatic rings. The second-order valence-electron chi connectivity index (χ2n) is 9.76. The van der Waals surface area contributed by atoms with E-state index in [0.29, 0.717) is 22.9 Å². The molecule has 4 heterocycles. The number of aromatic nitrogens is 3. The topological polar surface area (TPSA) is 68.1 Å². The molecule has 2 fully saturated rings. The maximum absolute atomic E-state index is 12.0. The molecule has 0 spiro atoms. The lowest BCUT2D eigenvalue weighted by atomic mass is 9.85. The van der Waals surface area contributed by atoms with Gasteiger partial charge in [-0.3, -0.25) is 4.98 Å². The molecule has 2 saturated heterocycles. The molecular formula is C27H32ClN4O2+. The summed E-state index contributed by atoms with van der Waals surface area (Å²) >= 11 is 6.29. The first kappa shape index (κ1) is 23.2. The van der Waals surface area contributed by atoms with Crippen molar-refractivity contribution in [2.24, 2.45) is 5.92 Å². The van der Waals surface area contributed by atoms with E-state index in [9.17, 15) is 5.11 Å². The van der Waals surface area contributed by atoms with Crippen LogP contribution < -0.4 is 4.74 Å². The fourth-order valence-electron chi connectivity index (χ4n) is 6.21. The first-order chi connectivity index (χ1) is 16.4. The Labute approximate surface area is 205 Å². The number of benzene rings is 1. The van der Waals surface area contributed by atoms with Crippen LogP contribution in [0.2, 0.25) is 5.15 Å². The zero-order chi connectivity index (χ0) is 23.9. The van der Waals surface area contributed by atoms with Gasteiger partial charge in [-0.15, -0.1) is 6.58 Å². The largest absolute Gasteiger partial charge is 0.497 e. The highest BCUT2D eigenvalue weighted by molar-refractivity contribution is 6.29. The van der Waals surface area contributed by atoms with E-state index in [1.807, 2.05) is 37.3 Å². The summed E-state index contributed by atoms with van der Waals surface area (Å²) in [5.74, 6) is 1.91. The summed E-state index contributed by atoms with van der Waals surface area (Å²) in [5.41, 5.74) is 2.71. The number of pyridine rings is 1. The summed E-state index contributed by atoms with van der Waals surface area (Å²) in [6.07, 6.45) is 7.44.